The van der Waals surface area contributed by atoms with Crippen molar-refractivity contribution in [3.63, 3.8) is 0 Å². The Hall–Kier alpha value is -2.93. The fraction of sp³-hybridized carbons (Fsp3) is 0.250. The Labute approximate surface area is 139 Å². The Kier molecular flexibility index (Phi) is 2.32. The second kappa shape index (κ2) is 4.12. The molecule has 2 bridgehead atoms. The Morgan fingerprint density at radius 3 is 1.92 bits per heavy atom. The third-order valence-corrected chi connectivity index (χ3v) is 5.80. The first-order valence-corrected chi connectivity index (χ1v) is 8.07. The normalized spacial score (nSPS) is 29.5. The van der Waals surface area contributed by atoms with Gasteiger partial charge in [-0.15, -0.1) is 0 Å². The number of anilines is 1. The molecule has 0 aromatic heterocycles. The van der Waals surface area contributed by atoms with Gasteiger partial charge in [0.2, 0.25) is 0 Å². The minimum Gasteiger partial charge on any atom is -0.268 e. The molecule has 24 heavy (non-hydrogen) atoms. The summed E-state index contributed by atoms with van der Waals surface area (Å²) < 4.78 is 0. The summed E-state index contributed by atoms with van der Waals surface area (Å²) in [6.45, 7) is 0. The molecule has 2 aromatic rings. The average molecular weight is 314 g/mol. The van der Waals surface area contributed by atoms with Gasteiger partial charge in [0, 0.05) is 0 Å². The first kappa shape index (κ1) is 13.5. The van der Waals surface area contributed by atoms with Crippen LogP contribution in [0.25, 0.3) is 0 Å². The third kappa shape index (κ3) is 1.47. The van der Waals surface area contributed by atoms with Crippen molar-refractivity contribution in [1.29, 1.82) is 5.26 Å². The van der Waals surface area contributed by atoms with Crippen LogP contribution in [0.5, 0.6) is 0 Å². The van der Waals surface area contributed by atoms with E-state index in [1.54, 1.807) is 24.3 Å². The van der Waals surface area contributed by atoms with Gasteiger partial charge >= 0.3 is 0 Å². The second-order valence-electron chi connectivity index (χ2n) is 7.24. The molecule has 3 aliphatic carbocycles. The molecule has 4 heteroatoms. The molecular weight excluding hydrogens is 300 g/mol. The molecule has 1 aliphatic heterocycles. The highest BCUT2D eigenvalue weighted by Crippen LogP contribution is 2.73. The van der Waals surface area contributed by atoms with Gasteiger partial charge in [0.05, 0.1) is 28.3 Å². The lowest BCUT2D eigenvalue weighted by atomic mass is 9.34. The van der Waals surface area contributed by atoms with Gasteiger partial charge in [-0.3, -0.25) is 9.59 Å². The minimum atomic E-state index is -0.266. The second-order valence-corrected chi connectivity index (χ2v) is 7.24. The zero-order valence-electron chi connectivity index (χ0n) is 13.0. The molecule has 0 atom stereocenters. The van der Waals surface area contributed by atoms with E-state index in [9.17, 15) is 9.59 Å². The Morgan fingerprint density at radius 2 is 1.42 bits per heavy atom. The van der Waals surface area contributed by atoms with Crippen molar-refractivity contribution in [3.05, 3.63) is 65.2 Å². The van der Waals surface area contributed by atoms with Crippen LogP contribution < -0.4 is 4.90 Å². The summed E-state index contributed by atoms with van der Waals surface area (Å²) in [6.07, 6.45) is 2.80. The minimum absolute atomic E-state index is 0.0821. The van der Waals surface area contributed by atoms with Crippen LogP contribution in [0.2, 0.25) is 0 Å². The van der Waals surface area contributed by atoms with E-state index in [2.05, 4.69) is 6.07 Å². The van der Waals surface area contributed by atoms with Crippen LogP contribution in [-0.2, 0) is 5.41 Å². The zero-order chi connectivity index (χ0) is 16.5. The molecule has 2 aromatic carbocycles. The van der Waals surface area contributed by atoms with Gasteiger partial charge in [0.25, 0.3) is 11.8 Å². The standard InChI is InChI=1S/C20H14N2O2/c21-12-19-9-20(10-19,11-19)13-5-7-14(8-6-13)22-17(23)15-3-1-2-4-16(15)18(22)24/h1-8H,9-11H2. The van der Waals surface area contributed by atoms with Gasteiger partial charge in [-0.25, -0.2) is 4.90 Å². The predicted molar refractivity (Wildman–Crippen MR) is 87.6 cm³/mol. The maximum Gasteiger partial charge on any atom is 0.266 e. The van der Waals surface area contributed by atoms with Crippen molar-refractivity contribution in [2.75, 3.05) is 4.90 Å². The monoisotopic (exact) mass is 314 g/mol. The molecule has 3 fully saturated rings. The van der Waals surface area contributed by atoms with Crippen LogP contribution in [0.15, 0.2) is 48.5 Å². The SMILES string of the molecule is N#CC12CC(c3ccc(N4C(=O)c5ccccc5C4=O)cc3)(C1)C2. The molecule has 4 nitrogen and oxygen atoms in total. The van der Waals surface area contributed by atoms with Crippen LogP contribution in [-0.4, -0.2) is 11.8 Å². The van der Waals surface area contributed by atoms with Gasteiger partial charge in [-0.05, 0) is 54.5 Å². The topological polar surface area (TPSA) is 61.2 Å². The van der Waals surface area contributed by atoms with E-state index >= 15 is 0 Å². The summed E-state index contributed by atoms with van der Waals surface area (Å²) >= 11 is 0. The van der Waals surface area contributed by atoms with E-state index in [0.29, 0.717) is 16.8 Å². The smallest absolute Gasteiger partial charge is 0.266 e. The van der Waals surface area contributed by atoms with Gasteiger partial charge in [-0.1, -0.05) is 24.3 Å². The third-order valence-electron chi connectivity index (χ3n) is 5.80. The quantitative estimate of drug-likeness (QED) is 0.798. The molecule has 3 saturated carbocycles. The fourth-order valence-electron chi connectivity index (χ4n) is 4.60. The van der Waals surface area contributed by atoms with Crippen LogP contribution >= 0.6 is 0 Å². The summed E-state index contributed by atoms with van der Waals surface area (Å²) in [4.78, 5) is 26.3. The summed E-state index contributed by atoms with van der Waals surface area (Å²) in [5.41, 5.74) is 2.80. The van der Waals surface area contributed by atoms with E-state index in [1.807, 2.05) is 24.3 Å². The Morgan fingerprint density at radius 1 is 0.875 bits per heavy atom. The molecular formula is C20H14N2O2. The van der Waals surface area contributed by atoms with E-state index in [1.165, 1.54) is 10.5 Å². The predicted octanol–water partition coefficient (Wildman–Crippen LogP) is 3.43. The highest BCUT2D eigenvalue weighted by molar-refractivity contribution is 6.34. The number of benzene rings is 2. The van der Waals surface area contributed by atoms with E-state index in [4.69, 9.17) is 5.26 Å². The van der Waals surface area contributed by atoms with Crippen LogP contribution in [0.4, 0.5) is 5.69 Å². The van der Waals surface area contributed by atoms with Gasteiger partial charge in [0.15, 0.2) is 0 Å². The molecule has 0 unspecified atom stereocenters. The maximum absolute atomic E-state index is 12.5. The number of carbonyl (C=O) groups excluding carboxylic acids is 2. The molecule has 0 spiro atoms. The number of imide groups is 1. The molecule has 116 valence electrons. The lowest BCUT2D eigenvalue weighted by Crippen LogP contribution is -2.63. The van der Waals surface area contributed by atoms with Crippen molar-refractivity contribution in [2.45, 2.75) is 24.7 Å². The number of carbonyl (C=O) groups is 2. The van der Waals surface area contributed by atoms with Crippen molar-refractivity contribution >= 4 is 17.5 Å². The van der Waals surface area contributed by atoms with Gasteiger partial charge < -0.3 is 0 Å². The van der Waals surface area contributed by atoms with Crippen LogP contribution in [0, 0.1) is 16.7 Å². The van der Waals surface area contributed by atoms with Gasteiger partial charge in [0.1, 0.15) is 0 Å². The lowest BCUT2D eigenvalue weighted by Gasteiger charge is -2.67. The van der Waals surface area contributed by atoms with Crippen molar-refractivity contribution < 1.29 is 9.59 Å². The number of amides is 2. The summed E-state index contributed by atoms with van der Waals surface area (Å²) in [7, 11) is 0. The van der Waals surface area contributed by atoms with Crippen LogP contribution in [0.1, 0.15) is 45.5 Å². The summed E-state index contributed by atoms with van der Waals surface area (Å²) in [5, 5.41) is 9.14. The molecule has 4 aliphatic rings. The largest absolute Gasteiger partial charge is 0.268 e. The molecule has 6 rings (SSSR count). The first-order valence-electron chi connectivity index (χ1n) is 8.07. The summed E-state index contributed by atoms with van der Waals surface area (Å²) in [5.74, 6) is -0.533. The molecule has 0 N–H and O–H groups in total. The number of hydrogen-bond donors (Lipinski definition) is 0. The number of nitrogens with zero attached hydrogens (tertiary/aromatic N) is 2. The summed E-state index contributed by atoms with van der Waals surface area (Å²) in [6, 6.07) is 17.0. The molecule has 0 saturated heterocycles. The average Bonchev–Trinajstić information content (AvgIpc) is 2.78. The number of nitriles is 1. The molecule has 2 amide bonds. The Balaban J connectivity index is 1.45. The molecule has 0 radical (unpaired) electrons. The maximum atomic E-state index is 12.5. The highest BCUT2D eigenvalue weighted by atomic mass is 16.2. The van der Waals surface area contributed by atoms with Crippen LogP contribution in [0.3, 0.4) is 0 Å². The first-order chi connectivity index (χ1) is 11.6. The number of fused-ring (bicyclic) bond motifs is 1. The Bertz CT molecular complexity index is 898. The number of hydrogen-bond acceptors (Lipinski definition) is 3. The van der Waals surface area contributed by atoms with E-state index in [0.717, 1.165) is 19.3 Å². The van der Waals surface area contributed by atoms with Crippen molar-refractivity contribution in [1.82, 2.24) is 0 Å². The van der Waals surface area contributed by atoms with E-state index in [-0.39, 0.29) is 22.6 Å². The highest BCUT2D eigenvalue weighted by Gasteiger charge is 2.68. The van der Waals surface area contributed by atoms with E-state index < -0.39 is 0 Å². The van der Waals surface area contributed by atoms with Crippen molar-refractivity contribution in [3.8, 4) is 6.07 Å². The number of rotatable bonds is 2. The van der Waals surface area contributed by atoms with Gasteiger partial charge in [-0.2, -0.15) is 5.26 Å². The van der Waals surface area contributed by atoms with Crippen molar-refractivity contribution in [2.24, 2.45) is 5.41 Å². The fourth-order valence-corrected chi connectivity index (χ4v) is 4.60. The molecule has 1 heterocycles. The lowest BCUT2D eigenvalue weighted by molar-refractivity contribution is -0.0928. The zero-order valence-corrected chi connectivity index (χ0v) is 13.0.